The molecule has 0 atom stereocenters. The molecule has 5 nitrogen and oxygen atoms in total. The van der Waals surface area contributed by atoms with Gasteiger partial charge < -0.3 is 9.64 Å². The van der Waals surface area contributed by atoms with Gasteiger partial charge in [0.05, 0.1) is 11.9 Å². The number of para-hydroxylation sites is 2. The highest BCUT2D eigenvalue weighted by Crippen LogP contribution is 2.18. The van der Waals surface area contributed by atoms with E-state index in [1.807, 2.05) is 59.5 Å². The highest BCUT2D eigenvalue weighted by molar-refractivity contribution is 5.84. The Bertz CT molecular complexity index is 738. The van der Waals surface area contributed by atoms with Gasteiger partial charge in [0.2, 0.25) is 0 Å². The van der Waals surface area contributed by atoms with Gasteiger partial charge in [-0.2, -0.15) is 5.10 Å². The van der Waals surface area contributed by atoms with E-state index in [-0.39, 0.29) is 12.5 Å². The minimum absolute atomic E-state index is 0.0473. The first-order valence-electron chi connectivity index (χ1n) is 9.06. The van der Waals surface area contributed by atoms with Crippen molar-refractivity contribution in [3.8, 4) is 5.75 Å². The Morgan fingerprint density at radius 2 is 1.85 bits per heavy atom. The number of carbonyl (C=O) groups excluding carboxylic acids is 1. The largest absolute Gasteiger partial charge is 0.483 e. The van der Waals surface area contributed by atoms with Crippen LogP contribution >= 0.6 is 0 Å². The number of nitrogens with one attached hydrogen (secondary N) is 1. The summed E-state index contributed by atoms with van der Waals surface area (Å²) in [5.41, 5.74) is 4.72. The number of carbonyl (C=O) groups is 1. The van der Waals surface area contributed by atoms with Gasteiger partial charge in [-0.3, -0.25) is 10.2 Å². The van der Waals surface area contributed by atoms with Crippen molar-refractivity contribution in [2.75, 3.05) is 25.1 Å². The van der Waals surface area contributed by atoms with Crippen LogP contribution in [0.2, 0.25) is 0 Å². The monoisotopic (exact) mass is 351 g/mol. The molecular formula is C21H25N3O2. The summed E-state index contributed by atoms with van der Waals surface area (Å²) in [5, 5.41) is 4.25. The van der Waals surface area contributed by atoms with Crippen molar-refractivity contribution in [3.63, 3.8) is 0 Å². The van der Waals surface area contributed by atoms with E-state index in [1.165, 1.54) is 0 Å². The fourth-order valence-electron chi connectivity index (χ4n) is 2.90. The molecule has 0 aliphatic carbocycles. The molecule has 1 amide bonds. The maximum absolute atomic E-state index is 12.3. The molecule has 136 valence electrons. The molecule has 1 N–H and O–H groups in total. The lowest BCUT2D eigenvalue weighted by Crippen LogP contribution is -2.40. The van der Waals surface area contributed by atoms with E-state index in [2.05, 4.69) is 17.5 Å². The Labute approximate surface area is 154 Å². The molecule has 1 fully saturated rings. The molecule has 0 unspecified atom stereocenters. The number of nitrogens with zero attached hydrogens (tertiary/aromatic N) is 2. The number of likely N-dealkylation sites (tertiary alicyclic amines) is 1. The Kier molecular flexibility index (Phi) is 6.25. The van der Waals surface area contributed by atoms with Gasteiger partial charge in [-0.05, 0) is 43.0 Å². The number of hydrogen-bond acceptors (Lipinski definition) is 4. The van der Waals surface area contributed by atoms with Gasteiger partial charge in [0, 0.05) is 18.7 Å². The van der Waals surface area contributed by atoms with Crippen molar-refractivity contribution >= 4 is 17.8 Å². The van der Waals surface area contributed by atoms with Crippen LogP contribution in [0, 0.1) is 5.92 Å². The van der Waals surface area contributed by atoms with Crippen LogP contribution in [0.1, 0.15) is 25.3 Å². The van der Waals surface area contributed by atoms with Crippen LogP contribution in [0.15, 0.2) is 59.7 Å². The lowest BCUT2D eigenvalue weighted by atomic mass is 9.99. The van der Waals surface area contributed by atoms with E-state index in [0.29, 0.717) is 11.7 Å². The van der Waals surface area contributed by atoms with Gasteiger partial charge in [-0.25, -0.2) is 0 Å². The first-order chi connectivity index (χ1) is 12.7. The average molecular weight is 351 g/mol. The Balaban J connectivity index is 1.56. The van der Waals surface area contributed by atoms with Crippen LogP contribution in [0.4, 0.5) is 5.69 Å². The van der Waals surface area contributed by atoms with Crippen LogP contribution in [0.5, 0.6) is 5.75 Å². The molecule has 3 rings (SSSR count). The standard InChI is InChI=1S/C21H25N3O2/c1-17-11-13-24(14-12-17)21(25)16-26-20-10-6-5-7-18(20)15-22-23-19-8-3-2-4-9-19/h2-10,15,17,23H,11-14,16H2,1H3. The zero-order chi connectivity index (χ0) is 18.2. The maximum Gasteiger partial charge on any atom is 0.260 e. The molecule has 0 radical (unpaired) electrons. The normalized spacial score (nSPS) is 15.2. The zero-order valence-electron chi connectivity index (χ0n) is 15.1. The molecule has 0 aromatic heterocycles. The SMILES string of the molecule is CC1CCN(C(=O)COc2ccccc2C=NNc2ccccc2)CC1. The van der Waals surface area contributed by atoms with Gasteiger partial charge in [-0.15, -0.1) is 0 Å². The van der Waals surface area contributed by atoms with E-state index < -0.39 is 0 Å². The van der Waals surface area contributed by atoms with Gasteiger partial charge in [-0.1, -0.05) is 37.3 Å². The number of ether oxygens (including phenoxy) is 1. The molecule has 1 heterocycles. The summed E-state index contributed by atoms with van der Waals surface area (Å²) >= 11 is 0. The van der Waals surface area contributed by atoms with Gasteiger partial charge >= 0.3 is 0 Å². The predicted molar refractivity (Wildman–Crippen MR) is 105 cm³/mol. The summed E-state index contributed by atoms with van der Waals surface area (Å²) in [6.45, 7) is 3.95. The van der Waals surface area contributed by atoms with Crippen LogP contribution < -0.4 is 10.2 Å². The highest BCUT2D eigenvalue weighted by atomic mass is 16.5. The molecule has 1 saturated heterocycles. The Hall–Kier alpha value is -2.82. The minimum Gasteiger partial charge on any atom is -0.483 e. The van der Waals surface area contributed by atoms with Crippen LogP contribution in [-0.4, -0.2) is 36.7 Å². The Morgan fingerprint density at radius 1 is 1.15 bits per heavy atom. The predicted octanol–water partition coefficient (Wildman–Crippen LogP) is 3.77. The van der Waals surface area contributed by atoms with Crippen LogP contribution in [-0.2, 0) is 4.79 Å². The summed E-state index contributed by atoms with van der Waals surface area (Å²) in [5.74, 6) is 1.41. The lowest BCUT2D eigenvalue weighted by Gasteiger charge is -2.30. The third-order valence-electron chi connectivity index (χ3n) is 4.58. The van der Waals surface area contributed by atoms with E-state index in [1.54, 1.807) is 6.21 Å². The summed E-state index contributed by atoms with van der Waals surface area (Å²) < 4.78 is 5.77. The molecule has 1 aliphatic rings. The molecular weight excluding hydrogens is 326 g/mol. The maximum atomic E-state index is 12.3. The summed E-state index contributed by atoms with van der Waals surface area (Å²) in [6, 6.07) is 17.3. The second-order valence-electron chi connectivity index (χ2n) is 6.63. The minimum atomic E-state index is 0.0473. The number of anilines is 1. The van der Waals surface area contributed by atoms with Crippen molar-refractivity contribution in [2.24, 2.45) is 11.0 Å². The molecule has 0 spiro atoms. The summed E-state index contributed by atoms with van der Waals surface area (Å²) in [7, 11) is 0. The number of hydrazone groups is 1. The molecule has 5 heteroatoms. The zero-order valence-corrected chi connectivity index (χ0v) is 15.1. The van der Waals surface area contributed by atoms with Crippen molar-refractivity contribution in [1.82, 2.24) is 4.90 Å². The van der Waals surface area contributed by atoms with Crippen molar-refractivity contribution < 1.29 is 9.53 Å². The third kappa shape index (κ3) is 5.09. The smallest absolute Gasteiger partial charge is 0.260 e. The van der Waals surface area contributed by atoms with Crippen LogP contribution in [0.3, 0.4) is 0 Å². The second kappa shape index (κ2) is 9.04. The van der Waals surface area contributed by atoms with Crippen LogP contribution in [0.25, 0.3) is 0 Å². The second-order valence-corrected chi connectivity index (χ2v) is 6.63. The highest BCUT2D eigenvalue weighted by Gasteiger charge is 2.20. The van der Waals surface area contributed by atoms with Crippen molar-refractivity contribution in [1.29, 1.82) is 0 Å². The molecule has 0 saturated carbocycles. The molecule has 2 aromatic rings. The van der Waals surface area contributed by atoms with Crippen molar-refractivity contribution in [3.05, 3.63) is 60.2 Å². The number of rotatable bonds is 6. The lowest BCUT2D eigenvalue weighted by molar-refractivity contribution is -0.134. The quantitative estimate of drug-likeness (QED) is 0.637. The summed E-state index contributed by atoms with van der Waals surface area (Å²) in [6.07, 6.45) is 3.84. The van der Waals surface area contributed by atoms with Crippen molar-refractivity contribution in [2.45, 2.75) is 19.8 Å². The number of hydrogen-bond donors (Lipinski definition) is 1. The van der Waals surface area contributed by atoms with E-state index in [0.717, 1.165) is 37.2 Å². The average Bonchev–Trinajstić information content (AvgIpc) is 2.68. The van der Waals surface area contributed by atoms with Gasteiger partial charge in [0.25, 0.3) is 5.91 Å². The molecule has 2 aromatic carbocycles. The number of piperidine rings is 1. The number of amides is 1. The van der Waals surface area contributed by atoms with Gasteiger partial charge in [0.1, 0.15) is 5.75 Å². The number of benzene rings is 2. The first kappa shape index (κ1) is 18.0. The molecule has 1 aliphatic heterocycles. The van der Waals surface area contributed by atoms with Gasteiger partial charge in [0.15, 0.2) is 6.61 Å². The molecule has 26 heavy (non-hydrogen) atoms. The fraction of sp³-hybridized carbons (Fsp3) is 0.333. The fourth-order valence-corrected chi connectivity index (χ4v) is 2.90. The van der Waals surface area contributed by atoms with E-state index in [4.69, 9.17) is 4.74 Å². The Morgan fingerprint density at radius 3 is 2.62 bits per heavy atom. The first-order valence-corrected chi connectivity index (χ1v) is 9.06. The topological polar surface area (TPSA) is 53.9 Å². The van der Waals surface area contributed by atoms with E-state index in [9.17, 15) is 4.79 Å². The summed E-state index contributed by atoms with van der Waals surface area (Å²) in [4.78, 5) is 14.2. The molecule has 0 bridgehead atoms. The third-order valence-corrected chi connectivity index (χ3v) is 4.58. The van der Waals surface area contributed by atoms with E-state index >= 15 is 0 Å².